The molecule has 3 rings (SSSR count). The van der Waals surface area contributed by atoms with E-state index in [1.54, 1.807) is 30.3 Å². The lowest BCUT2D eigenvalue weighted by Crippen LogP contribution is -2.21. The van der Waals surface area contributed by atoms with Gasteiger partial charge in [-0.05, 0) is 29.2 Å². The van der Waals surface area contributed by atoms with Crippen molar-refractivity contribution in [3.8, 4) is 0 Å². The smallest absolute Gasteiger partial charge is 0.263 e. The maximum Gasteiger partial charge on any atom is 0.263 e. The number of amides is 1. The molecule has 2 aromatic carbocycles. The van der Waals surface area contributed by atoms with Gasteiger partial charge in [-0.15, -0.1) is 6.58 Å². The average Bonchev–Trinajstić information content (AvgIpc) is 2.98. The molecule has 0 N–H and O–H groups in total. The SMILES string of the molecule is C=CCn1c(=NC(=O)CS(=O)(=O)Cc2ccccc2)sc2cc(C(C)C)ccc21. The van der Waals surface area contributed by atoms with E-state index in [0.29, 0.717) is 22.8 Å². The van der Waals surface area contributed by atoms with Gasteiger partial charge in [0.25, 0.3) is 5.91 Å². The summed E-state index contributed by atoms with van der Waals surface area (Å²) >= 11 is 1.39. The number of thiazole rings is 1. The van der Waals surface area contributed by atoms with Crippen molar-refractivity contribution in [3.63, 3.8) is 0 Å². The van der Waals surface area contributed by atoms with Crippen LogP contribution in [0.4, 0.5) is 0 Å². The molecule has 0 aliphatic carbocycles. The third-order valence-electron chi connectivity index (χ3n) is 4.48. The predicted octanol–water partition coefficient (Wildman–Crippen LogP) is 4.05. The van der Waals surface area contributed by atoms with Crippen molar-refractivity contribution in [1.29, 1.82) is 0 Å². The van der Waals surface area contributed by atoms with Crippen LogP contribution in [-0.2, 0) is 26.9 Å². The summed E-state index contributed by atoms with van der Waals surface area (Å²) in [7, 11) is -3.60. The van der Waals surface area contributed by atoms with Crippen LogP contribution < -0.4 is 4.80 Å². The minimum absolute atomic E-state index is 0.175. The second-order valence-electron chi connectivity index (χ2n) is 7.19. The van der Waals surface area contributed by atoms with Gasteiger partial charge in [0.2, 0.25) is 0 Å². The quantitative estimate of drug-likeness (QED) is 0.533. The molecule has 1 aromatic heterocycles. The number of hydrogen-bond donors (Lipinski definition) is 0. The maximum absolute atomic E-state index is 12.4. The van der Waals surface area contributed by atoms with Gasteiger partial charge in [-0.2, -0.15) is 4.99 Å². The van der Waals surface area contributed by atoms with Crippen molar-refractivity contribution < 1.29 is 13.2 Å². The molecule has 1 amide bonds. The number of rotatable bonds is 7. The van der Waals surface area contributed by atoms with Crippen molar-refractivity contribution in [3.05, 3.63) is 77.1 Å². The summed E-state index contributed by atoms with van der Waals surface area (Å²) in [6, 6.07) is 15.0. The van der Waals surface area contributed by atoms with E-state index in [1.807, 2.05) is 16.7 Å². The fourth-order valence-corrected chi connectivity index (χ4v) is 5.39. The number of sulfone groups is 1. The Morgan fingerprint density at radius 3 is 2.59 bits per heavy atom. The van der Waals surface area contributed by atoms with E-state index in [-0.39, 0.29) is 5.75 Å². The van der Waals surface area contributed by atoms with Gasteiger partial charge < -0.3 is 4.57 Å². The van der Waals surface area contributed by atoms with Crippen molar-refractivity contribution >= 4 is 37.3 Å². The summed E-state index contributed by atoms with van der Waals surface area (Å²) < 4.78 is 27.7. The zero-order valence-electron chi connectivity index (χ0n) is 16.5. The molecule has 0 saturated heterocycles. The van der Waals surface area contributed by atoms with Crippen molar-refractivity contribution in [2.24, 2.45) is 4.99 Å². The molecule has 0 bridgehead atoms. The van der Waals surface area contributed by atoms with E-state index in [0.717, 1.165) is 10.2 Å². The molecular formula is C22H24N2O3S2. The number of benzene rings is 2. The number of nitrogens with zero attached hydrogens (tertiary/aromatic N) is 2. The Morgan fingerprint density at radius 1 is 1.21 bits per heavy atom. The summed E-state index contributed by atoms with van der Waals surface area (Å²) in [6.07, 6.45) is 1.73. The molecule has 0 aliphatic heterocycles. The van der Waals surface area contributed by atoms with Crippen LogP contribution in [0, 0.1) is 0 Å². The first-order valence-corrected chi connectivity index (χ1v) is 12.0. The van der Waals surface area contributed by atoms with Crippen molar-refractivity contribution in [2.45, 2.75) is 32.1 Å². The van der Waals surface area contributed by atoms with Crippen LogP contribution >= 0.6 is 11.3 Å². The summed E-state index contributed by atoms with van der Waals surface area (Å²) in [5.41, 5.74) is 2.82. The lowest BCUT2D eigenvalue weighted by Gasteiger charge is -2.06. The number of fused-ring (bicyclic) bond motifs is 1. The molecule has 7 heteroatoms. The number of allylic oxidation sites excluding steroid dienone is 1. The topological polar surface area (TPSA) is 68.5 Å². The highest BCUT2D eigenvalue weighted by molar-refractivity contribution is 7.91. The number of carbonyl (C=O) groups is 1. The van der Waals surface area contributed by atoms with Gasteiger partial charge in [0, 0.05) is 6.54 Å². The van der Waals surface area contributed by atoms with Gasteiger partial charge in [-0.25, -0.2) is 8.42 Å². The Balaban J connectivity index is 1.92. The van der Waals surface area contributed by atoms with E-state index < -0.39 is 21.5 Å². The highest BCUT2D eigenvalue weighted by atomic mass is 32.2. The number of aromatic nitrogens is 1. The van der Waals surface area contributed by atoms with Gasteiger partial charge in [-0.1, -0.05) is 67.7 Å². The second kappa shape index (κ2) is 8.88. The van der Waals surface area contributed by atoms with Crippen LogP contribution in [0.25, 0.3) is 10.2 Å². The maximum atomic E-state index is 12.4. The summed E-state index contributed by atoms with van der Waals surface area (Å²) in [6.45, 7) is 8.51. The molecule has 0 aliphatic rings. The molecule has 0 fully saturated rings. The van der Waals surface area contributed by atoms with Crippen LogP contribution in [0.5, 0.6) is 0 Å². The number of carbonyl (C=O) groups excluding carboxylic acids is 1. The highest BCUT2D eigenvalue weighted by Crippen LogP contribution is 2.23. The van der Waals surface area contributed by atoms with Crippen molar-refractivity contribution in [1.82, 2.24) is 4.57 Å². The van der Waals surface area contributed by atoms with E-state index in [1.165, 1.54) is 16.9 Å². The molecule has 29 heavy (non-hydrogen) atoms. The summed E-state index contributed by atoms with van der Waals surface area (Å²) in [5.74, 6) is -1.05. The van der Waals surface area contributed by atoms with Crippen LogP contribution in [0.2, 0.25) is 0 Å². The van der Waals surface area contributed by atoms with Crippen molar-refractivity contribution in [2.75, 3.05) is 5.75 Å². The first-order chi connectivity index (χ1) is 13.8. The molecule has 0 saturated carbocycles. The third kappa shape index (κ3) is 5.31. The highest BCUT2D eigenvalue weighted by Gasteiger charge is 2.18. The van der Waals surface area contributed by atoms with Crippen LogP contribution in [0.3, 0.4) is 0 Å². The summed E-state index contributed by atoms with van der Waals surface area (Å²) in [5, 5.41) is 0. The third-order valence-corrected chi connectivity index (χ3v) is 6.98. The zero-order chi connectivity index (χ0) is 21.0. The fraction of sp³-hybridized carbons (Fsp3) is 0.273. The van der Waals surface area contributed by atoms with E-state index >= 15 is 0 Å². The molecule has 0 spiro atoms. The lowest BCUT2D eigenvalue weighted by atomic mass is 10.0. The average molecular weight is 429 g/mol. The van der Waals surface area contributed by atoms with Gasteiger partial charge in [0.15, 0.2) is 14.6 Å². The first kappa shape index (κ1) is 21.2. The molecule has 0 atom stereocenters. The monoisotopic (exact) mass is 428 g/mol. The van der Waals surface area contributed by atoms with E-state index in [2.05, 4.69) is 37.6 Å². The van der Waals surface area contributed by atoms with E-state index in [9.17, 15) is 13.2 Å². The Kier molecular flexibility index (Phi) is 6.49. The van der Waals surface area contributed by atoms with Gasteiger partial charge in [-0.3, -0.25) is 4.79 Å². The van der Waals surface area contributed by atoms with Crippen LogP contribution in [-0.4, -0.2) is 24.6 Å². The fourth-order valence-electron chi connectivity index (χ4n) is 3.05. The summed E-state index contributed by atoms with van der Waals surface area (Å²) in [4.78, 5) is 17.1. The van der Waals surface area contributed by atoms with Gasteiger partial charge in [0.05, 0.1) is 16.0 Å². The largest absolute Gasteiger partial charge is 0.313 e. The molecule has 1 heterocycles. The first-order valence-electron chi connectivity index (χ1n) is 9.35. The molecule has 5 nitrogen and oxygen atoms in total. The molecule has 0 unspecified atom stereocenters. The Morgan fingerprint density at radius 2 is 1.93 bits per heavy atom. The van der Waals surface area contributed by atoms with Crippen LogP contribution in [0.15, 0.2) is 66.2 Å². The standard InChI is InChI=1S/C22H24N2O3S2/c1-4-12-24-19-11-10-18(16(2)3)13-20(19)28-22(24)23-21(25)15-29(26,27)14-17-8-6-5-7-9-17/h4-11,13,16H,1,12,14-15H2,2-3H3. The molecular weight excluding hydrogens is 404 g/mol. The minimum Gasteiger partial charge on any atom is -0.313 e. The Labute approximate surface area is 175 Å². The predicted molar refractivity (Wildman–Crippen MR) is 119 cm³/mol. The van der Waals surface area contributed by atoms with Gasteiger partial charge in [0.1, 0.15) is 5.75 Å². The lowest BCUT2D eigenvalue weighted by molar-refractivity contribution is -0.115. The van der Waals surface area contributed by atoms with Crippen LogP contribution in [0.1, 0.15) is 30.9 Å². The van der Waals surface area contributed by atoms with E-state index in [4.69, 9.17) is 0 Å². The normalized spacial score (nSPS) is 12.6. The van der Waals surface area contributed by atoms with Gasteiger partial charge >= 0.3 is 0 Å². The Hall–Kier alpha value is -2.51. The number of hydrogen-bond acceptors (Lipinski definition) is 4. The minimum atomic E-state index is -3.60. The molecule has 152 valence electrons. The zero-order valence-corrected chi connectivity index (χ0v) is 18.2. The molecule has 3 aromatic rings. The second-order valence-corrected chi connectivity index (χ2v) is 10.3. The molecule has 0 radical (unpaired) electrons. The Bertz CT molecular complexity index is 1200.